The van der Waals surface area contributed by atoms with Gasteiger partial charge in [0.15, 0.2) is 0 Å². The zero-order chi connectivity index (χ0) is 6.53. The fourth-order valence-corrected chi connectivity index (χ4v) is 0.521. The topological polar surface area (TPSA) is 31.0 Å². The van der Waals surface area contributed by atoms with E-state index >= 15 is 0 Å². The van der Waals surface area contributed by atoms with Gasteiger partial charge in [-0.3, -0.25) is 0 Å². The van der Waals surface area contributed by atoms with Crippen LogP contribution in [0.15, 0.2) is 0 Å². The van der Waals surface area contributed by atoms with E-state index in [2.05, 4.69) is 0 Å². The highest BCUT2D eigenvalue weighted by molar-refractivity contribution is 5.97. The van der Waals surface area contributed by atoms with Crippen molar-refractivity contribution in [1.82, 2.24) is 0 Å². The lowest BCUT2D eigenvalue weighted by atomic mass is 10.5. The van der Waals surface area contributed by atoms with E-state index in [1.54, 1.807) is 8.05 Å². The van der Waals surface area contributed by atoms with Crippen LogP contribution < -0.4 is 0 Å². The van der Waals surface area contributed by atoms with Crippen molar-refractivity contribution in [1.29, 1.82) is 0 Å². The smallest absolute Gasteiger partial charge is 0.257 e. The van der Waals surface area contributed by atoms with E-state index in [0.717, 1.165) is 13.2 Å². The van der Waals surface area contributed by atoms with Crippen LogP contribution in [0.5, 0.6) is 0 Å². The summed E-state index contributed by atoms with van der Waals surface area (Å²) in [7, 11) is 1.66. The summed E-state index contributed by atoms with van der Waals surface area (Å²) in [5, 5.41) is 0. The van der Waals surface area contributed by atoms with Crippen LogP contribution in [-0.2, 0) is 14.1 Å². The molecule has 3 nitrogen and oxygen atoms in total. The maximum absolute atomic E-state index is 5.15. The van der Waals surface area contributed by atoms with E-state index < -0.39 is 0 Å². The number of hydrogen-bond acceptors (Lipinski definition) is 3. The highest BCUT2D eigenvalue weighted by Crippen LogP contribution is 2.07. The summed E-state index contributed by atoms with van der Waals surface area (Å²) < 4.78 is 14.8. The molecule has 1 fully saturated rings. The molecule has 0 aromatic heterocycles. The number of ether oxygens (including phenoxy) is 2. The number of hydrogen-bond donors (Lipinski definition) is 0. The molecular weight excluding hydrogens is 119 g/mol. The molecule has 4 heteroatoms. The average Bonchev–Trinajstić information content (AvgIpc) is 2.63. The van der Waals surface area contributed by atoms with Crippen molar-refractivity contribution in [3.8, 4) is 0 Å². The standard InChI is InChI=1S/C5H11BO3/c6-9-2-1-7-3-5-4-8-5/h5H,1-4,6H2. The molecule has 0 N–H and O–H groups in total. The van der Waals surface area contributed by atoms with Crippen LogP contribution in [0.3, 0.4) is 0 Å². The fourth-order valence-electron chi connectivity index (χ4n) is 0.521. The lowest BCUT2D eigenvalue weighted by Gasteiger charge is -1.98. The van der Waals surface area contributed by atoms with E-state index in [4.69, 9.17) is 14.1 Å². The summed E-state index contributed by atoms with van der Waals surface area (Å²) >= 11 is 0. The number of rotatable bonds is 5. The van der Waals surface area contributed by atoms with E-state index in [0.29, 0.717) is 19.3 Å². The van der Waals surface area contributed by atoms with Gasteiger partial charge in [0.05, 0.1) is 26.4 Å². The molecule has 1 aliphatic heterocycles. The third-order valence-corrected chi connectivity index (χ3v) is 1.14. The normalized spacial score (nSPS) is 24.2. The molecule has 0 saturated carbocycles. The molecular formula is C5H11BO3. The van der Waals surface area contributed by atoms with Crippen molar-refractivity contribution < 1.29 is 14.1 Å². The Labute approximate surface area is 55.7 Å². The first kappa shape index (κ1) is 7.06. The Morgan fingerprint density at radius 3 is 2.89 bits per heavy atom. The Kier molecular flexibility index (Phi) is 3.04. The van der Waals surface area contributed by atoms with Crippen molar-refractivity contribution in [2.45, 2.75) is 6.10 Å². The lowest BCUT2D eigenvalue weighted by molar-refractivity contribution is 0.0905. The second-order valence-corrected chi connectivity index (χ2v) is 2.02. The highest BCUT2D eigenvalue weighted by atomic mass is 16.6. The number of epoxide rings is 1. The van der Waals surface area contributed by atoms with Crippen LogP contribution in [0.4, 0.5) is 0 Å². The van der Waals surface area contributed by atoms with Gasteiger partial charge in [0.25, 0.3) is 8.05 Å². The van der Waals surface area contributed by atoms with Gasteiger partial charge in [-0.15, -0.1) is 0 Å². The second kappa shape index (κ2) is 3.87. The Balaban J connectivity index is 1.71. The van der Waals surface area contributed by atoms with Crippen molar-refractivity contribution in [2.75, 3.05) is 26.4 Å². The van der Waals surface area contributed by atoms with Crippen LogP contribution >= 0.6 is 0 Å². The minimum absolute atomic E-state index is 0.377. The van der Waals surface area contributed by atoms with Gasteiger partial charge < -0.3 is 14.1 Å². The molecule has 9 heavy (non-hydrogen) atoms. The van der Waals surface area contributed by atoms with E-state index in [9.17, 15) is 0 Å². The Morgan fingerprint density at radius 2 is 2.33 bits per heavy atom. The zero-order valence-electron chi connectivity index (χ0n) is 5.63. The van der Waals surface area contributed by atoms with Crippen LogP contribution in [0.1, 0.15) is 0 Å². The summed E-state index contributed by atoms with van der Waals surface area (Å²) in [5.41, 5.74) is 0. The molecule has 0 aliphatic carbocycles. The predicted octanol–water partition coefficient (Wildman–Crippen LogP) is -1.03. The van der Waals surface area contributed by atoms with Gasteiger partial charge in [0.1, 0.15) is 6.10 Å². The van der Waals surface area contributed by atoms with Gasteiger partial charge in [-0.1, -0.05) is 0 Å². The molecule has 1 unspecified atom stereocenters. The summed E-state index contributed by atoms with van der Waals surface area (Å²) in [4.78, 5) is 0. The largest absolute Gasteiger partial charge is 0.442 e. The molecule has 1 heterocycles. The van der Waals surface area contributed by atoms with Crippen molar-refractivity contribution in [3.05, 3.63) is 0 Å². The molecule has 1 aliphatic rings. The van der Waals surface area contributed by atoms with Crippen LogP contribution in [-0.4, -0.2) is 40.6 Å². The first-order chi connectivity index (χ1) is 4.43. The first-order valence-corrected chi connectivity index (χ1v) is 3.12. The van der Waals surface area contributed by atoms with E-state index in [-0.39, 0.29) is 0 Å². The van der Waals surface area contributed by atoms with Crippen LogP contribution in [0.2, 0.25) is 0 Å². The SMILES string of the molecule is BOCCOCC1CO1. The molecule has 1 atom stereocenters. The van der Waals surface area contributed by atoms with Gasteiger partial charge in [0.2, 0.25) is 0 Å². The maximum Gasteiger partial charge on any atom is 0.257 e. The minimum atomic E-state index is 0.377. The average molecular weight is 130 g/mol. The third-order valence-electron chi connectivity index (χ3n) is 1.14. The minimum Gasteiger partial charge on any atom is -0.442 e. The molecule has 52 valence electrons. The maximum atomic E-state index is 5.15. The molecule has 0 aromatic carbocycles. The highest BCUT2D eigenvalue weighted by Gasteiger charge is 2.21. The summed E-state index contributed by atoms with van der Waals surface area (Å²) in [6.45, 7) is 2.94. The predicted molar refractivity (Wildman–Crippen MR) is 35.1 cm³/mol. The van der Waals surface area contributed by atoms with Gasteiger partial charge in [-0.25, -0.2) is 0 Å². The van der Waals surface area contributed by atoms with Gasteiger partial charge in [-0.2, -0.15) is 0 Å². The first-order valence-electron chi connectivity index (χ1n) is 3.12. The van der Waals surface area contributed by atoms with Crippen molar-refractivity contribution in [2.24, 2.45) is 0 Å². The van der Waals surface area contributed by atoms with Crippen LogP contribution in [0, 0.1) is 0 Å². The Bertz CT molecular complexity index is 74.6. The van der Waals surface area contributed by atoms with Crippen molar-refractivity contribution in [3.63, 3.8) is 0 Å². The van der Waals surface area contributed by atoms with E-state index in [1.807, 2.05) is 0 Å². The zero-order valence-corrected chi connectivity index (χ0v) is 5.63. The molecule has 1 rings (SSSR count). The van der Waals surface area contributed by atoms with Gasteiger partial charge in [0, 0.05) is 0 Å². The summed E-state index contributed by atoms with van der Waals surface area (Å²) in [6, 6.07) is 0. The lowest BCUT2D eigenvalue weighted by Crippen LogP contribution is -2.06. The summed E-state index contributed by atoms with van der Waals surface area (Å²) in [6.07, 6.45) is 0.377. The van der Waals surface area contributed by atoms with Crippen LogP contribution in [0.25, 0.3) is 0 Å². The third kappa shape index (κ3) is 3.51. The van der Waals surface area contributed by atoms with Gasteiger partial charge >= 0.3 is 0 Å². The molecule has 0 radical (unpaired) electrons. The molecule has 0 bridgehead atoms. The Hall–Kier alpha value is -0.0551. The second-order valence-electron chi connectivity index (χ2n) is 2.02. The molecule has 0 aromatic rings. The molecule has 0 spiro atoms. The van der Waals surface area contributed by atoms with Gasteiger partial charge in [-0.05, 0) is 0 Å². The summed E-state index contributed by atoms with van der Waals surface area (Å²) in [5.74, 6) is 0. The monoisotopic (exact) mass is 130 g/mol. The quantitative estimate of drug-likeness (QED) is 0.270. The Morgan fingerprint density at radius 1 is 1.56 bits per heavy atom. The fraction of sp³-hybridized carbons (Fsp3) is 1.00. The van der Waals surface area contributed by atoms with E-state index in [1.165, 1.54) is 0 Å². The molecule has 1 saturated heterocycles. The van der Waals surface area contributed by atoms with Crippen molar-refractivity contribution >= 4 is 8.05 Å². The molecule has 0 amide bonds.